The molecule has 1 heterocycles. The third kappa shape index (κ3) is 3.67. The number of nitrogens with zero attached hydrogens (tertiary/aromatic N) is 2. The molecule has 0 bridgehead atoms. The van der Waals surface area contributed by atoms with Crippen molar-refractivity contribution >= 4 is 16.5 Å². The lowest BCUT2D eigenvalue weighted by Crippen LogP contribution is -2.06. The van der Waals surface area contributed by atoms with E-state index in [4.69, 9.17) is 4.74 Å². The van der Waals surface area contributed by atoms with Crippen molar-refractivity contribution in [3.63, 3.8) is 0 Å². The van der Waals surface area contributed by atoms with Gasteiger partial charge in [-0.25, -0.2) is 0 Å². The average Bonchev–Trinajstić information content (AvgIpc) is 2.85. The molecule has 1 N–H and O–H groups in total. The van der Waals surface area contributed by atoms with E-state index < -0.39 is 0 Å². The first-order valence-electron chi connectivity index (χ1n) is 6.54. The molecule has 0 amide bonds. The van der Waals surface area contributed by atoms with E-state index in [1.165, 1.54) is 0 Å². The van der Waals surface area contributed by atoms with Gasteiger partial charge < -0.3 is 10.1 Å². The summed E-state index contributed by atoms with van der Waals surface area (Å²) in [6.45, 7) is 7.08. The number of nitrogens with one attached hydrogen (secondary N) is 1. The first-order valence-corrected chi connectivity index (χ1v) is 7.35. The molecule has 1 aromatic carbocycles. The van der Waals surface area contributed by atoms with Gasteiger partial charge in [0.15, 0.2) is 5.01 Å². The van der Waals surface area contributed by atoms with Crippen molar-refractivity contribution in [1.82, 2.24) is 10.2 Å². The highest BCUT2D eigenvalue weighted by molar-refractivity contribution is 7.18. The molecule has 0 aliphatic rings. The first kappa shape index (κ1) is 13.8. The van der Waals surface area contributed by atoms with E-state index in [9.17, 15) is 0 Å². The molecule has 2 rings (SSSR count). The summed E-state index contributed by atoms with van der Waals surface area (Å²) in [7, 11) is 0. The Morgan fingerprint density at radius 1 is 1.26 bits per heavy atom. The molecule has 5 heteroatoms. The summed E-state index contributed by atoms with van der Waals surface area (Å²) in [5, 5.41) is 13.4. The Bertz CT molecular complexity index is 525. The molecular weight excluding hydrogens is 258 g/mol. The minimum Gasteiger partial charge on any atom is -0.490 e. The summed E-state index contributed by atoms with van der Waals surface area (Å²) in [5.41, 5.74) is 0.998. The van der Waals surface area contributed by atoms with Crippen LogP contribution in [0.15, 0.2) is 24.3 Å². The number of benzene rings is 1. The van der Waals surface area contributed by atoms with Crippen LogP contribution < -0.4 is 10.1 Å². The fourth-order valence-electron chi connectivity index (χ4n) is 1.64. The van der Waals surface area contributed by atoms with Gasteiger partial charge in [-0.1, -0.05) is 30.4 Å². The molecule has 1 aromatic heterocycles. The zero-order valence-electron chi connectivity index (χ0n) is 11.5. The Morgan fingerprint density at radius 2 is 2.05 bits per heavy atom. The van der Waals surface area contributed by atoms with Crippen molar-refractivity contribution in [1.29, 1.82) is 0 Å². The van der Waals surface area contributed by atoms with Crippen LogP contribution in [0.1, 0.15) is 27.2 Å². The van der Waals surface area contributed by atoms with Crippen molar-refractivity contribution in [2.45, 2.75) is 33.3 Å². The van der Waals surface area contributed by atoms with Crippen molar-refractivity contribution < 1.29 is 4.74 Å². The van der Waals surface area contributed by atoms with Gasteiger partial charge in [0.05, 0.1) is 11.7 Å². The third-order valence-electron chi connectivity index (χ3n) is 2.43. The molecule has 0 aliphatic carbocycles. The van der Waals surface area contributed by atoms with E-state index in [1.807, 2.05) is 38.1 Å². The maximum Gasteiger partial charge on any atom is 0.206 e. The van der Waals surface area contributed by atoms with Crippen LogP contribution in [0.4, 0.5) is 5.13 Å². The van der Waals surface area contributed by atoms with Crippen LogP contribution in [0.3, 0.4) is 0 Å². The van der Waals surface area contributed by atoms with E-state index in [0.29, 0.717) is 0 Å². The number of aromatic nitrogens is 2. The van der Waals surface area contributed by atoms with Gasteiger partial charge in [0.1, 0.15) is 5.75 Å². The van der Waals surface area contributed by atoms with Gasteiger partial charge in [0.2, 0.25) is 5.13 Å². The molecule has 0 unspecified atom stereocenters. The number of ether oxygens (including phenoxy) is 1. The van der Waals surface area contributed by atoms with E-state index in [0.717, 1.165) is 34.4 Å². The Kier molecular flexibility index (Phi) is 4.74. The van der Waals surface area contributed by atoms with E-state index in [2.05, 4.69) is 22.4 Å². The van der Waals surface area contributed by atoms with Crippen LogP contribution >= 0.6 is 11.3 Å². The highest BCUT2D eigenvalue weighted by Crippen LogP contribution is 2.33. The summed E-state index contributed by atoms with van der Waals surface area (Å²) >= 11 is 1.55. The van der Waals surface area contributed by atoms with Crippen molar-refractivity contribution in [2.24, 2.45) is 0 Å². The van der Waals surface area contributed by atoms with Gasteiger partial charge in [-0.3, -0.25) is 0 Å². The number of hydrogen-bond donors (Lipinski definition) is 1. The Balaban J connectivity index is 2.23. The Morgan fingerprint density at radius 3 is 2.79 bits per heavy atom. The van der Waals surface area contributed by atoms with Gasteiger partial charge >= 0.3 is 0 Å². The number of hydrogen-bond acceptors (Lipinski definition) is 5. The molecule has 2 aromatic rings. The summed E-state index contributed by atoms with van der Waals surface area (Å²) in [6.07, 6.45) is 1.22. The maximum atomic E-state index is 5.81. The highest BCUT2D eigenvalue weighted by Gasteiger charge is 2.12. The lowest BCUT2D eigenvalue weighted by molar-refractivity contribution is 0.243. The predicted octanol–water partition coefficient (Wildman–Crippen LogP) is 3.81. The second-order valence-electron chi connectivity index (χ2n) is 4.50. The first-order chi connectivity index (χ1) is 9.20. The van der Waals surface area contributed by atoms with Gasteiger partial charge in [0.25, 0.3) is 0 Å². The molecule has 102 valence electrons. The lowest BCUT2D eigenvalue weighted by Gasteiger charge is -2.12. The fourth-order valence-corrected chi connectivity index (χ4v) is 2.43. The van der Waals surface area contributed by atoms with E-state index >= 15 is 0 Å². The normalized spacial score (nSPS) is 10.7. The monoisotopic (exact) mass is 277 g/mol. The minimum atomic E-state index is 0.145. The van der Waals surface area contributed by atoms with E-state index in [-0.39, 0.29) is 6.10 Å². The van der Waals surface area contributed by atoms with Crippen molar-refractivity contribution in [3.8, 4) is 16.3 Å². The summed E-state index contributed by atoms with van der Waals surface area (Å²) in [5.74, 6) is 0.857. The van der Waals surface area contributed by atoms with Gasteiger partial charge in [0, 0.05) is 6.54 Å². The Labute approximate surface area is 117 Å². The molecule has 0 saturated carbocycles. The average molecular weight is 277 g/mol. The molecule has 0 radical (unpaired) electrons. The van der Waals surface area contributed by atoms with Crippen molar-refractivity contribution in [3.05, 3.63) is 24.3 Å². The minimum absolute atomic E-state index is 0.145. The Hall–Kier alpha value is -1.62. The molecule has 0 atom stereocenters. The van der Waals surface area contributed by atoms with Gasteiger partial charge in [-0.05, 0) is 32.4 Å². The molecule has 19 heavy (non-hydrogen) atoms. The molecular formula is C14H19N3OS. The van der Waals surface area contributed by atoms with Crippen LogP contribution in [0.5, 0.6) is 5.75 Å². The van der Waals surface area contributed by atoms with Crippen LogP contribution in [0, 0.1) is 0 Å². The van der Waals surface area contributed by atoms with Crippen LogP contribution in [-0.2, 0) is 0 Å². The second-order valence-corrected chi connectivity index (χ2v) is 5.48. The smallest absolute Gasteiger partial charge is 0.206 e. The number of rotatable bonds is 6. The summed E-state index contributed by atoms with van der Waals surface area (Å²) in [4.78, 5) is 0. The maximum absolute atomic E-state index is 5.81. The summed E-state index contributed by atoms with van der Waals surface area (Å²) in [6, 6.07) is 7.94. The molecule has 0 spiro atoms. The van der Waals surface area contributed by atoms with Gasteiger partial charge in [-0.15, -0.1) is 10.2 Å². The highest BCUT2D eigenvalue weighted by atomic mass is 32.1. The standard InChI is InChI=1S/C14H19N3OS/c1-4-9-15-14-17-16-13(19-14)11-7-5-6-8-12(11)18-10(2)3/h5-8,10H,4,9H2,1-3H3,(H,15,17). The number of anilines is 1. The quantitative estimate of drug-likeness (QED) is 0.872. The second kappa shape index (κ2) is 6.52. The van der Waals surface area contributed by atoms with Crippen LogP contribution in [0.25, 0.3) is 10.6 Å². The van der Waals surface area contributed by atoms with Gasteiger partial charge in [-0.2, -0.15) is 0 Å². The van der Waals surface area contributed by atoms with Crippen LogP contribution in [-0.4, -0.2) is 22.8 Å². The molecule has 0 fully saturated rings. The number of para-hydroxylation sites is 1. The SMILES string of the molecule is CCCNc1nnc(-c2ccccc2OC(C)C)s1. The molecule has 0 saturated heterocycles. The fraction of sp³-hybridized carbons (Fsp3) is 0.429. The lowest BCUT2D eigenvalue weighted by atomic mass is 10.2. The molecule has 4 nitrogen and oxygen atoms in total. The third-order valence-corrected chi connectivity index (χ3v) is 3.35. The zero-order valence-corrected chi connectivity index (χ0v) is 12.3. The molecule has 0 aliphatic heterocycles. The van der Waals surface area contributed by atoms with Crippen molar-refractivity contribution in [2.75, 3.05) is 11.9 Å². The largest absolute Gasteiger partial charge is 0.490 e. The predicted molar refractivity (Wildman–Crippen MR) is 79.9 cm³/mol. The topological polar surface area (TPSA) is 47.0 Å². The zero-order chi connectivity index (χ0) is 13.7. The summed E-state index contributed by atoms with van der Waals surface area (Å²) < 4.78 is 5.81. The van der Waals surface area contributed by atoms with E-state index in [1.54, 1.807) is 11.3 Å². The van der Waals surface area contributed by atoms with Crippen LogP contribution in [0.2, 0.25) is 0 Å².